The maximum atomic E-state index is 6.45. The van der Waals surface area contributed by atoms with E-state index < -0.39 is 0 Å². The summed E-state index contributed by atoms with van der Waals surface area (Å²) in [5, 5.41) is 6.33. The van der Waals surface area contributed by atoms with E-state index in [1.165, 1.54) is 27.7 Å². The predicted molar refractivity (Wildman–Crippen MR) is 124 cm³/mol. The van der Waals surface area contributed by atoms with Gasteiger partial charge in [0.1, 0.15) is 0 Å². The lowest BCUT2D eigenvalue weighted by atomic mass is 10.1. The number of para-hydroxylation sites is 1. The summed E-state index contributed by atoms with van der Waals surface area (Å²) in [4.78, 5) is 0. The zero-order chi connectivity index (χ0) is 20.4. The molecule has 0 saturated carbocycles. The topological polar surface area (TPSA) is 17.0 Å². The second-order valence-electron chi connectivity index (χ2n) is 7.42. The lowest BCUT2D eigenvalue weighted by molar-refractivity contribution is 0.573. The van der Waals surface area contributed by atoms with Gasteiger partial charge in [-0.15, -0.1) is 0 Å². The van der Waals surface area contributed by atoms with Crippen molar-refractivity contribution in [3.63, 3.8) is 0 Å². The molecule has 0 bridgehead atoms. The van der Waals surface area contributed by atoms with E-state index in [1.54, 1.807) is 0 Å². The van der Waals surface area contributed by atoms with Gasteiger partial charge in [0.05, 0.1) is 0 Å². The first-order chi connectivity index (χ1) is 14.0. The Hall–Kier alpha value is -2.26. The van der Waals surface area contributed by atoms with Crippen molar-refractivity contribution in [3.05, 3.63) is 105 Å². The molecule has 0 fully saturated rings. The van der Waals surface area contributed by atoms with Crippen molar-refractivity contribution < 1.29 is 0 Å². The third-order valence-electron chi connectivity index (χ3n) is 5.59. The minimum absolute atomic E-state index is 0.281. The van der Waals surface area contributed by atoms with Crippen LogP contribution in [0.1, 0.15) is 35.3 Å². The van der Waals surface area contributed by atoms with E-state index in [0.717, 1.165) is 18.7 Å². The second-order valence-corrected chi connectivity index (χ2v) is 8.26. The molecule has 0 radical (unpaired) electrons. The molecule has 4 heteroatoms. The number of hydrogen-bond acceptors (Lipinski definition) is 1. The van der Waals surface area contributed by atoms with Crippen LogP contribution in [0.3, 0.4) is 0 Å². The van der Waals surface area contributed by atoms with Crippen LogP contribution >= 0.6 is 23.2 Å². The normalized spacial score (nSPS) is 12.4. The molecule has 0 saturated heterocycles. The Morgan fingerprint density at radius 3 is 2.41 bits per heavy atom. The van der Waals surface area contributed by atoms with Crippen LogP contribution in [0.5, 0.6) is 0 Å². The minimum Gasteiger partial charge on any atom is -0.340 e. The minimum atomic E-state index is 0.281. The zero-order valence-electron chi connectivity index (χ0n) is 16.6. The van der Waals surface area contributed by atoms with Crippen molar-refractivity contribution in [1.29, 1.82) is 0 Å². The molecule has 0 amide bonds. The fourth-order valence-electron chi connectivity index (χ4n) is 3.86. The number of hydrogen-bond donors (Lipinski definition) is 1. The number of rotatable bonds is 6. The first-order valence-electron chi connectivity index (χ1n) is 9.83. The molecule has 0 aliphatic carbocycles. The molecular formula is C25H24Cl2N2. The van der Waals surface area contributed by atoms with Crippen LogP contribution in [0, 0.1) is 6.92 Å². The van der Waals surface area contributed by atoms with Crippen LogP contribution in [0.15, 0.2) is 72.8 Å². The van der Waals surface area contributed by atoms with E-state index in [2.05, 4.69) is 78.3 Å². The van der Waals surface area contributed by atoms with E-state index in [0.29, 0.717) is 10.0 Å². The van der Waals surface area contributed by atoms with Gasteiger partial charge in [0.15, 0.2) is 0 Å². The van der Waals surface area contributed by atoms with Gasteiger partial charge in [-0.3, -0.25) is 0 Å². The molecule has 3 aromatic carbocycles. The summed E-state index contributed by atoms with van der Waals surface area (Å²) in [5.74, 6) is 0. The number of benzene rings is 3. The van der Waals surface area contributed by atoms with E-state index >= 15 is 0 Å². The fourth-order valence-corrected chi connectivity index (χ4v) is 4.33. The van der Waals surface area contributed by atoms with Crippen molar-refractivity contribution in [1.82, 2.24) is 9.88 Å². The highest BCUT2D eigenvalue weighted by atomic mass is 35.5. The van der Waals surface area contributed by atoms with Gasteiger partial charge in [0.2, 0.25) is 0 Å². The first-order valence-corrected chi connectivity index (χ1v) is 10.6. The highest BCUT2D eigenvalue weighted by molar-refractivity contribution is 6.35. The van der Waals surface area contributed by atoms with Crippen molar-refractivity contribution in [2.45, 2.75) is 33.0 Å². The summed E-state index contributed by atoms with van der Waals surface area (Å²) < 4.78 is 2.34. The van der Waals surface area contributed by atoms with Gasteiger partial charge in [-0.25, -0.2) is 0 Å². The Morgan fingerprint density at radius 2 is 1.66 bits per heavy atom. The third-order valence-corrected chi connectivity index (χ3v) is 6.18. The summed E-state index contributed by atoms with van der Waals surface area (Å²) in [6, 6.07) is 25.1. The Kier molecular flexibility index (Phi) is 5.96. The van der Waals surface area contributed by atoms with Crippen LogP contribution < -0.4 is 5.32 Å². The Morgan fingerprint density at radius 1 is 0.931 bits per heavy atom. The summed E-state index contributed by atoms with van der Waals surface area (Å²) in [7, 11) is 0. The summed E-state index contributed by atoms with van der Waals surface area (Å²) in [5.41, 5.74) is 6.16. The Balaban J connectivity index is 1.66. The predicted octanol–water partition coefficient (Wildman–Crippen LogP) is 7.16. The van der Waals surface area contributed by atoms with Gasteiger partial charge in [-0.2, -0.15) is 0 Å². The monoisotopic (exact) mass is 422 g/mol. The van der Waals surface area contributed by atoms with Crippen LogP contribution in [-0.2, 0) is 13.1 Å². The first kappa shape index (κ1) is 20.0. The SMILES string of the molecule is Cc1c(CN[C@@H](C)c2ccccc2)c2ccccc2n1Cc1ccc(Cl)cc1Cl. The van der Waals surface area contributed by atoms with E-state index in [4.69, 9.17) is 23.2 Å². The summed E-state index contributed by atoms with van der Waals surface area (Å²) in [6.07, 6.45) is 0. The Bertz CT molecular complexity index is 1130. The van der Waals surface area contributed by atoms with Gasteiger partial charge in [0.25, 0.3) is 0 Å². The molecule has 1 N–H and O–H groups in total. The van der Waals surface area contributed by atoms with Crippen molar-refractivity contribution >= 4 is 34.1 Å². The highest BCUT2D eigenvalue weighted by Gasteiger charge is 2.16. The maximum Gasteiger partial charge on any atom is 0.0493 e. The molecule has 0 aliphatic rings. The number of nitrogens with zero attached hydrogens (tertiary/aromatic N) is 1. The van der Waals surface area contributed by atoms with Crippen LogP contribution in [0.4, 0.5) is 0 Å². The molecule has 0 spiro atoms. The van der Waals surface area contributed by atoms with Crippen LogP contribution in [-0.4, -0.2) is 4.57 Å². The number of aromatic nitrogens is 1. The average Bonchev–Trinajstić information content (AvgIpc) is 3.00. The van der Waals surface area contributed by atoms with E-state index in [9.17, 15) is 0 Å². The lowest BCUT2D eigenvalue weighted by Crippen LogP contribution is -2.18. The van der Waals surface area contributed by atoms with E-state index in [1.807, 2.05) is 18.2 Å². The lowest BCUT2D eigenvalue weighted by Gasteiger charge is -2.15. The molecule has 0 aliphatic heterocycles. The smallest absolute Gasteiger partial charge is 0.0493 e. The van der Waals surface area contributed by atoms with E-state index in [-0.39, 0.29) is 6.04 Å². The standard InChI is InChI=1S/C25H24Cl2N2/c1-17(19-8-4-3-5-9-19)28-15-23-18(2)29(25-11-7-6-10-22(23)25)16-20-12-13-21(26)14-24(20)27/h3-14,17,28H,15-16H2,1-2H3/t17-/m0/s1. The molecule has 1 aromatic heterocycles. The van der Waals surface area contributed by atoms with Gasteiger partial charge >= 0.3 is 0 Å². The van der Waals surface area contributed by atoms with Crippen molar-refractivity contribution in [2.75, 3.05) is 0 Å². The van der Waals surface area contributed by atoms with Crippen LogP contribution in [0.2, 0.25) is 10.0 Å². The van der Waals surface area contributed by atoms with Gasteiger partial charge in [0, 0.05) is 45.8 Å². The molecule has 2 nitrogen and oxygen atoms in total. The maximum absolute atomic E-state index is 6.45. The second kappa shape index (κ2) is 8.62. The fraction of sp³-hybridized carbons (Fsp3) is 0.200. The average molecular weight is 423 g/mol. The van der Waals surface area contributed by atoms with Gasteiger partial charge < -0.3 is 9.88 Å². The number of halogens is 2. The third kappa shape index (κ3) is 4.20. The van der Waals surface area contributed by atoms with Gasteiger partial charge in [-0.05, 0) is 48.7 Å². The molecule has 29 heavy (non-hydrogen) atoms. The molecule has 0 unspecified atom stereocenters. The van der Waals surface area contributed by atoms with Gasteiger partial charge in [-0.1, -0.05) is 77.8 Å². The van der Waals surface area contributed by atoms with Crippen molar-refractivity contribution in [2.24, 2.45) is 0 Å². The zero-order valence-corrected chi connectivity index (χ0v) is 18.1. The molecule has 148 valence electrons. The largest absolute Gasteiger partial charge is 0.340 e. The molecule has 4 rings (SSSR count). The Labute approximate surface area is 182 Å². The summed E-state index contributed by atoms with van der Waals surface area (Å²) >= 11 is 12.5. The molecule has 1 heterocycles. The molecular weight excluding hydrogens is 399 g/mol. The highest BCUT2D eigenvalue weighted by Crippen LogP contribution is 2.29. The quantitative estimate of drug-likeness (QED) is 0.348. The number of nitrogens with one attached hydrogen (secondary N) is 1. The summed E-state index contributed by atoms with van der Waals surface area (Å²) in [6.45, 7) is 5.92. The molecule has 1 atom stereocenters. The number of fused-ring (bicyclic) bond motifs is 1. The molecule has 4 aromatic rings. The van der Waals surface area contributed by atoms with Crippen LogP contribution in [0.25, 0.3) is 10.9 Å². The van der Waals surface area contributed by atoms with Crippen molar-refractivity contribution in [3.8, 4) is 0 Å².